The fraction of sp³-hybridized carbons (Fsp3) is 0.333. The van der Waals surface area contributed by atoms with Gasteiger partial charge >= 0.3 is 0 Å². The Labute approximate surface area is 86.8 Å². The van der Waals surface area contributed by atoms with Gasteiger partial charge < -0.3 is 5.73 Å². The molecule has 0 aliphatic carbocycles. The molecule has 0 heterocycles. The second kappa shape index (κ2) is 4.67. The first-order valence-electron chi connectivity index (χ1n) is 4.26. The van der Waals surface area contributed by atoms with Crippen LogP contribution in [0.15, 0.2) is 29.2 Å². The molecule has 84 valence electrons. The monoisotopic (exact) mass is 235 g/mol. The van der Waals surface area contributed by atoms with Gasteiger partial charge in [-0.15, -0.1) is 0 Å². The van der Waals surface area contributed by atoms with E-state index in [4.69, 9.17) is 5.73 Å². The summed E-state index contributed by atoms with van der Waals surface area (Å²) in [5.74, 6) is -1.16. The lowest BCUT2D eigenvalue weighted by atomic mass is 10.2. The number of rotatable bonds is 4. The lowest BCUT2D eigenvalue weighted by Crippen LogP contribution is -2.16. The molecule has 0 bridgehead atoms. The van der Waals surface area contributed by atoms with Crippen molar-refractivity contribution >= 4 is 9.84 Å². The molecule has 15 heavy (non-hydrogen) atoms. The lowest BCUT2D eigenvalue weighted by Gasteiger charge is -2.08. The van der Waals surface area contributed by atoms with Crippen LogP contribution in [0.1, 0.15) is 5.56 Å². The number of nitrogens with two attached hydrogens (primary N) is 1. The van der Waals surface area contributed by atoms with Crippen LogP contribution in [0.3, 0.4) is 0 Å². The second-order valence-corrected chi connectivity index (χ2v) is 4.99. The van der Waals surface area contributed by atoms with E-state index in [0.717, 1.165) is 0 Å². The number of sulfone groups is 1. The van der Waals surface area contributed by atoms with E-state index in [9.17, 15) is 17.2 Å². The summed E-state index contributed by atoms with van der Waals surface area (Å²) in [5, 5.41) is 0. The zero-order chi connectivity index (χ0) is 11.5. The van der Waals surface area contributed by atoms with E-state index in [0.29, 0.717) is 5.56 Å². The smallest absolute Gasteiger partial charge is 0.252 e. The van der Waals surface area contributed by atoms with Crippen LogP contribution < -0.4 is 5.73 Å². The van der Waals surface area contributed by atoms with Crippen molar-refractivity contribution in [2.45, 2.75) is 17.9 Å². The fourth-order valence-electron chi connectivity index (χ4n) is 1.23. The molecule has 0 fully saturated rings. The summed E-state index contributed by atoms with van der Waals surface area (Å²) < 4.78 is 47.1. The molecule has 1 aromatic carbocycles. The summed E-state index contributed by atoms with van der Waals surface area (Å²) in [6.45, 7) is 0.0125. The van der Waals surface area contributed by atoms with Gasteiger partial charge in [-0.1, -0.05) is 18.2 Å². The van der Waals surface area contributed by atoms with Crippen LogP contribution in [-0.4, -0.2) is 20.6 Å². The van der Waals surface area contributed by atoms with Crippen molar-refractivity contribution in [2.24, 2.45) is 5.73 Å². The van der Waals surface area contributed by atoms with Gasteiger partial charge in [-0.3, -0.25) is 0 Å². The van der Waals surface area contributed by atoms with Gasteiger partial charge in [0.15, 0.2) is 9.84 Å². The summed E-state index contributed by atoms with van der Waals surface area (Å²) in [5.41, 5.74) is 5.69. The highest BCUT2D eigenvalue weighted by Gasteiger charge is 2.22. The van der Waals surface area contributed by atoms with Crippen LogP contribution >= 0.6 is 0 Å². The van der Waals surface area contributed by atoms with Crippen LogP contribution in [0.2, 0.25) is 0 Å². The van der Waals surface area contributed by atoms with Crippen LogP contribution in [0.5, 0.6) is 0 Å². The van der Waals surface area contributed by atoms with Crippen LogP contribution in [0.4, 0.5) is 8.78 Å². The molecule has 0 aliphatic rings. The van der Waals surface area contributed by atoms with Gasteiger partial charge in [0.05, 0.1) is 4.90 Å². The third-order valence-corrected chi connectivity index (χ3v) is 3.63. The van der Waals surface area contributed by atoms with Gasteiger partial charge in [0.25, 0.3) is 6.43 Å². The van der Waals surface area contributed by atoms with E-state index in [2.05, 4.69) is 0 Å². The highest BCUT2D eigenvalue weighted by atomic mass is 32.2. The Balaban J connectivity index is 3.15. The molecule has 0 aromatic heterocycles. The van der Waals surface area contributed by atoms with Crippen molar-refractivity contribution in [2.75, 3.05) is 5.75 Å². The zero-order valence-electron chi connectivity index (χ0n) is 7.86. The van der Waals surface area contributed by atoms with Crippen LogP contribution in [-0.2, 0) is 16.4 Å². The topological polar surface area (TPSA) is 60.2 Å². The van der Waals surface area contributed by atoms with Gasteiger partial charge in [0.2, 0.25) is 0 Å². The first-order chi connectivity index (χ1) is 6.97. The Hall–Kier alpha value is -1.01. The minimum Gasteiger partial charge on any atom is -0.326 e. The summed E-state index contributed by atoms with van der Waals surface area (Å²) in [4.78, 5) is -0.104. The van der Waals surface area contributed by atoms with Crippen molar-refractivity contribution in [3.05, 3.63) is 29.8 Å². The number of hydrogen-bond donors (Lipinski definition) is 1. The van der Waals surface area contributed by atoms with Crippen molar-refractivity contribution in [3.63, 3.8) is 0 Å². The maximum Gasteiger partial charge on any atom is 0.252 e. The zero-order valence-corrected chi connectivity index (χ0v) is 8.68. The summed E-state index contributed by atoms with van der Waals surface area (Å²) in [7, 11) is -3.93. The average molecular weight is 235 g/mol. The van der Waals surface area contributed by atoms with Gasteiger partial charge in [-0.25, -0.2) is 17.2 Å². The lowest BCUT2D eigenvalue weighted by molar-refractivity contribution is 0.174. The van der Waals surface area contributed by atoms with E-state index in [1.165, 1.54) is 18.2 Å². The Morgan fingerprint density at radius 2 is 1.87 bits per heavy atom. The first kappa shape index (κ1) is 12.1. The first-order valence-corrected chi connectivity index (χ1v) is 5.91. The predicted octanol–water partition coefficient (Wildman–Crippen LogP) is 1.18. The third kappa shape index (κ3) is 2.97. The second-order valence-electron chi connectivity index (χ2n) is 2.98. The number of alkyl halides is 2. The summed E-state index contributed by atoms with van der Waals surface area (Å²) in [6.07, 6.45) is -2.87. The quantitative estimate of drug-likeness (QED) is 0.852. The molecule has 3 nitrogen and oxygen atoms in total. The minimum atomic E-state index is -3.93. The van der Waals surface area contributed by atoms with Crippen LogP contribution in [0.25, 0.3) is 0 Å². The molecule has 0 saturated carbocycles. The summed E-state index contributed by atoms with van der Waals surface area (Å²) in [6, 6.07) is 5.90. The molecule has 0 spiro atoms. The Morgan fingerprint density at radius 3 is 2.40 bits per heavy atom. The molecule has 0 radical (unpaired) electrons. The minimum absolute atomic E-state index is 0.0125. The number of benzene rings is 1. The maximum absolute atomic E-state index is 12.0. The molecule has 0 atom stereocenters. The van der Waals surface area contributed by atoms with Gasteiger partial charge in [-0.05, 0) is 11.6 Å². The van der Waals surface area contributed by atoms with Crippen molar-refractivity contribution < 1.29 is 17.2 Å². The number of halogens is 2. The van der Waals surface area contributed by atoms with E-state index in [-0.39, 0.29) is 11.4 Å². The van der Waals surface area contributed by atoms with Gasteiger partial charge in [0, 0.05) is 6.54 Å². The maximum atomic E-state index is 12.0. The van der Waals surface area contributed by atoms with E-state index < -0.39 is 22.0 Å². The SMILES string of the molecule is NCc1ccccc1S(=O)(=O)CC(F)F. The Kier molecular flexibility index (Phi) is 3.76. The molecular formula is C9H11F2NO2S. The molecule has 2 N–H and O–H groups in total. The highest BCUT2D eigenvalue weighted by Crippen LogP contribution is 2.18. The molecule has 0 aliphatic heterocycles. The third-order valence-electron chi connectivity index (χ3n) is 1.87. The van der Waals surface area contributed by atoms with Crippen molar-refractivity contribution in [1.29, 1.82) is 0 Å². The number of hydrogen-bond acceptors (Lipinski definition) is 3. The highest BCUT2D eigenvalue weighted by molar-refractivity contribution is 7.91. The molecular weight excluding hydrogens is 224 g/mol. The standard InChI is InChI=1S/C9H11F2NO2S/c10-9(11)6-15(13,14)8-4-2-1-3-7(8)5-12/h1-4,9H,5-6,12H2. The van der Waals surface area contributed by atoms with Crippen molar-refractivity contribution in [3.8, 4) is 0 Å². The Bertz CT molecular complexity index is 431. The van der Waals surface area contributed by atoms with Gasteiger partial charge in [-0.2, -0.15) is 0 Å². The van der Waals surface area contributed by atoms with E-state index in [1.54, 1.807) is 6.07 Å². The van der Waals surface area contributed by atoms with Crippen molar-refractivity contribution in [1.82, 2.24) is 0 Å². The van der Waals surface area contributed by atoms with E-state index >= 15 is 0 Å². The molecule has 1 rings (SSSR count). The molecule has 1 aromatic rings. The molecule has 0 unspecified atom stereocenters. The molecule has 0 amide bonds. The van der Waals surface area contributed by atoms with Crippen LogP contribution in [0, 0.1) is 0 Å². The molecule has 0 saturated heterocycles. The van der Waals surface area contributed by atoms with Gasteiger partial charge in [0.1, 0.15) is 5.75 Å². The van der Waals surface area contributed by atoms with E-state index in [1.807, 2.05) is 0 Å². The average Bonchev–Trinajstić information content (AvgIpc) is 2.16. The predicted molar refractivity (Wildman–Crippen MR) is 52.4 cm³/mol. The fourth-order valence-corrected chi connectivity index (χ4v) is 2.58. The summed E-state index contributed by atoms with van der Waals surface area (Å²) >= 11 is 0. The Morgan fingerprint density at radius 1 is 1.27 bits per heavy atom. The largest absolute Gasteiger partial charge is 0.326 e. The normalized spacial score (nSPS) is 12.0. The molecule has 6 heteroatoms.